The standard InChI is InChI=1S/C14H16ClF3N2O/c15-9-6-7-12(11(8-9)14(16,17)18)20-13(21)19-10-4-2-1-3-5-10/h6-8,10H,1-5H2,(H2,19,20,21). The van der Waals surface area contributed by atoms with E-state index in [0.717, 1.165) is 44.2 Å². The highest BCUT2D eigenvalue weighted by Crippen LogP contribution is 2.36. The van der Waals surface area contributed by atoms with Gasteiger partial charge in [0.25, 0.3) is 0 Å². The topological polar surface area (TPSA) is 41.1 Å². The molecule has 2 rings (SSSR count). The van der Waals surface area contributed by atoms with E-state index in [1.54, 1.807) is 0 Å². The lowest BCUT2D eigenvalue weighted by atomic mass is 9.96. The smallest absolute Gasteiger partial charge is 0.335 e. The number of nitrogens with one attached hydrogen (secondary N) is 2. The molecule has 1 fully saturated rings. The number of halogens is 4. The van der Waals surface area contributed by atoms with E-state index < -0.39 is 17.8 Å². The Morgan fingerprint density at radius 2 is 1.86 bits per heavy atom. The maximum Gasteiger partial charge on any atom is 0.418 e. The van der Waals surface area contributed by atoms with Gasteiger partial charge in [-0.3, -0.25) is 0 Å². The average Bonchev–Trinajstić information content (AvgIpc) is 2.40. The Labute approximate surface area is 125 Å². The molecule has 0 spiro atoms. The van der Waals surface area contributed by atoms with Crippen LogP contribution in [0.4, 0.5) is 23.7 Å². The van der Waals surface area contributed by atoms with Crippen molar-refractivity contribution >= 4 is 23.3 Å². The van der Waals surface area contributed by atoms with E-state index in [1.165, 1.54) is 6.07 Å². The second kappa shape index (κ2) is 6.56. The van der Waals surface area contributed by atoms with Crippen molar-refractivity contribution in [3.63, 3.8) is 0 Å². The lowest BCUT2D eigenvalue weighted by Gasteiger charge is -2.23. The van der Waals surface area contributed by atoms with Gasteiger partial charge in [0.05, 0.1) is 11.3 Å². The highest BCUT2D eigenvalue weighted by Gasteiger charge is 2.34. The summed E-state index contributed by atoms with van der Waals surface area (Å²) >= 11 is 5.59. The van der Waals surface area contributed by atoms with Gasteiger partial charge in [0.15, 0.2) is 0 Å². The van der Waals surface area contributed by atoms with Crippen molar-refractivity contribution in [3.8, 4) is 0 Å². The molecule has 1 aromatic carbocycles. The summed E-state index contributed by atoms with van der Waals surface area (Å²) in [5.74, 6) is 0. The van der Waals surface area contributed by atoms with Crippen LogP contribution in [0, 0.1) is 0 Å². The van der Waals surface area contributed by atoms with Crippen LogP contribution in [-0.4, -0.2) is 12.1 Å². The largest absolute Gasteiger partial charge is 0.418 e. The van der Waals surface area contributed by atoms with Crippen molar-refractivity contribution in [2.24, 2.45) is 0 Å². The van der Waals surface area contributed by atoms with E-state index in [9.17, 15) is 18.0 Å². The molecule has 0 bridgehead atoms. The number of anilines is 1. The predicted molar refractivity (Wildman–Crippen MR) is 75.5 cm³/mol. The molecule has 1 aliphatic carbocycles. The summed E-state index contributed by atoms with van der Waals surface area (Å²) in [7, 11) is 0. The Balaban J connectivity index is 2.06. The molecule has 0 heterocycles. The monoisotopic (exact) mass is 320 g/mol. The molecular formula is C14H16ClF3N2O. The van der Waals surface area contributed by atoms with Crippen molar-refractivity contribution < 1.29 is 18.0 Å². The van der Waals surface area contributed by atoms with Crippen LogP contribution in [-0.2, 0) is 6.18 Å². The summed E-state index contributed by atoms with van der Waals surface area (Å²) in [6.07, 6.45) is 0.341. The van der Waals surface area contributed by atoms with Crippen LogP contribution in [0.1, 0.15) is 37.7 Å². The highest BCUT2D eigenvalue weighted by atomic mass is 35.5. The van der Waals surface area contributed by atoms with Crippen LogP contribution in [0.25, 0.3) is 0 Å². The Kier molecular flexibility index (Phi) is 4.98. The zero-order chi connectivity index (χ0) is 15.5. The van der Waals surface area contributed by atoms with Crippen molar-refractivity contribution in [2.45, 2.75) is 44.3 Å². The summed E-state index contributed by atoms with van der Waals surface area (Å²) in [4.78, 5) is 11.8. The third kappa shape index (κ3) is 4.52. The summed E-state index contributed by atoms with van der Waals surface area (Å²) in [5, 5.41) is 4.95. The minimum Gasteiger partial charge on any atom is -0.335 e. The predicted octanol–water partition coefficient (Wildman–Crippen LogP) is 4.81. The van der Waals surface area contributed by atoms with Crippen LogP contribution in [0.2, 0.25) is 5.02 Å². The van der Waals surface area contributed by atoms with Crippen LogP contribution >= 0.6 is 11.6 Å². The fraction of sp³-hybridized carbons (Fsp3) is 0.500. The third-order valence-corrected chi connectivity index (χ3v) is 3.71. The van der Waals surface area contributed by atoms with Gasteiger partial charge in [-0.1, -0.05) is 30.9 Å². The van der Waals surface area contributed by atoms with Gasteiger partial charge in [0.1, 0.15) is 0 Å². The van der Waals surface area contributed by atoms with Crippen LogP contribution < -0.4 is 10.6 Å². The van der Waals surface area contributed by atoms with Gasteiger partial charge in [-0.15, -0.1) is 0 Å². The number of benzene rings is 1. The molecule has 0 radical (unpaired) electrons. The number of carbonyl (C=O) groups is 1. The van der Waals surface area contributed by atoms with Crippen molar-refractivity contribution in [2.75, 3.05) is 5.32 Å². The maximum atomic E-state index is 12.9. The van der Waals surface area contributed by atoms with E-state index in [1.807, 2.05) is 0 Å². The molecule has 1 aliphatic rings. The molecule has 1 aromatic rings. The van der Waals surface area contributed by atoms with Crippen LogP contribution in [0.15, 0.2) is 18.2 Å². The van der Waals surface area contributed by atoms with Crippen molar-refractivity contribution in [1.29, 1.82) is 0 Å². The molecule has 2 amide bonds. The quantitative estimate of drug-likeness (QED) is 0.806. The van der Waals surface area contributed by atoms with Crippen LogP contribution in [0.3, 0.4) is 0 Å². The van der Waals surface area contributed by atoms with Gasteiger partial charge in [-0.25, -0.2) is 4.79 Å². The number of alkyl halides is 3. The zero-order valence-corrected chi connectivity index (χ0v) is 12.0. The Morgan fingerprint density at radius 1 is 1.19 bits per heavy atom. The number of amides is 2. The number of hydrogen-bond acceptors (Lipinski definition) is 1. The number of rotatable bonds is 2. The number of urea groups is 1. The average molecular weight is 321 g/mol. The van der Waals surface area contributed by atoms with E-state index in [2.05, 4.69) is 10.6 Å². The Hall–Kier alpha value is -1.43. The van der Waals surface area contributed by atoms with Gasteiger partial charge in [-0.2, -0.15) is 13.2 Å². The van der Waals surface area contributed by atoms with Gasteiger partial charge in [0.2, 0.25) is 0 Å². The molecule has 0 unspecified atom stereocenters. The minimum absolute atomic E-state index is 0.0273. The summed E-state index contributed by atoms with van der Waals surface area (Å²) in [5.41, 5.74) is -1.24. The molecule has 1 saturated carbocycles. The normalized spacial score (nSPS) is 16.6. The molecular weight excluding hydrogens is 305 g/mol. The molecule has 0 atom stereocenters. The molecule has 116 valence electrons. The summed E-state index contributed by atoms with van der Waals surface area (Å²) in [6.45, 7) is 0. The fourth-order valence-corrected chi connectivity index (χ4v) is 2.62. The summed E-state index contributed by atoms with van der Waals surface area (Å²) in [6, 6.07) is 2.69. The minimum atomic E-state index is -4.57. The van der Waals surface area contributed by atoms with Gasteiger partial charge >= 0.3 is 12.2 Å². The zero-order valence-electron chi connectivity index (χ0n) is 11.3. The maximum absolute atomic E-state index is 12.9. The number of carbonyl (C=O) groups excluding carboxylic acids is 1. The van der Waals surface area contributed by atoms with Gasteiger partial charge in [-0.05, 0) is 31.0 Å². The second-order valence-electron chi connectivity index (χ2n) is 5.12. The van der Waals surface area contributed by atoms with Crippen molar-refractivity contribution in [3.05, 3.63) is 28.8 Å². The van der Waals surface area contributed by atoms with E-state index >= 15 is 0 Å². The molecule has 21 heavy (non-hydrogen) atoms. The van der Waals surface area contributed by atoms with Crippen molar-refractivity contribution in [1.82, 2.24) is 5.32 Å². The first kappa shape index (κ1) is 15.9. The Morgan fingerprint density at radius 3 is 2.48 bits per heavy atom. The molecule has 0 aromatic heterocycles. The summed E-state index contributed by atoms with van der Waals surface area (Å²) < 4.78 is 38.7. The molecule has 7 heteroatoms. The SMILES string of the molecule is O=C(Nc1ccc(Cl)cc1C(F)(F)F)NC1CCCCC1. The van der Waals surface area contributed by atoms with Gasteiger partial charge < -0.3 is 10.6 Å². The van der Waals surface area contributed by atoms with E-state index in [-0.39, 0.29) is 16.8 Å². The van der Waals surface area contributed by atoms with Gasteiger partial charge in [0, 0.05) is 11.1 Å². The first-order chi connectivity index (χ1) is 9.86. The van der Waals surface area contributed by atoms with E-state index in [0.29, 0.717) is 0 Å². The molecule has 0 aliphatic heterocycles. The Bertz CT molecular complexity index is 513. The lowest BCUT2D eigenvalue weighted by Crippen LogP contribution is -2.39. The second-order valence-corrected chi connectivity index (χ2v) is 5.56. The number of hydrogen-bond donors (Lipinski definition) is 2. The first-order valence-corrected chi connectivity index (χ1v) is 7.18. The molecule has 0 saturated heterocycles. The fourth-order valence-electron chi connectivity index (χ4n) is 2.45. The first-order valence-electron chi connectivity index (χ1n) is 6.80. The van der Waals surface area contributed by atoms with Crippen LogP contribution in [0.5, 0.6) is 0 Å². The lowest BCUT2D eigenvalue weighted by molar-refractivity contribution is -0.136. The highest BCUT2D eigenvalue weighted by molar-refractivity contribution is 6.30. The third-order valence-electron chi connectivity index (χ3n) is 3.48. The molecule has 2 N–H and O–H groups in total. The molecule has 3 nitrogen and oxygen atoms in total. The van der Waals surface area contributed by atoms with E-state index in [4.69, 9.17) is 11.6 Å².